The first-order chi connectivity index (χ1) is 12.9. The van der Waals surface area contributed by atoms with Crippen molar-refractivity contribution in [2.45, 2.75) is 17.6 Å². The van der Waals surface area contributed by atoms with E-state index in [1.807, 2.05) is 13.0 Å². The number of aromatic nitrogens is 2. The summed E-state index contributed by atoms with van der Waals surface area (Å²) in [5.41, 5.74) is 1.38. The van der Waals surface area contributed by atoms with Crippen molar-refractivity contribution >= 4 is 29.0 Å². The molecule has 0 aliphatic heterocycles. The predicted molar refractivity (Wildman–Crippen MR) is 98.6 cm³/mol. The van der Waals surface area contributed by atoms with Gasteiger partial charge in [0.1, 0.15) is 5.65 Å². The molecule has 0 fully saturated rings. The van der Waals surface area contributed by atoms with Crippen LogP contribution in [-0.2, 0) is 4.79 Å². The Balaban J connectivity index is 1.63. The number of carbonyl (C=O) groups is 1. The molecule has 0 aliphatic rings. The van der Waals surface area contributed by atoms with Gasteiger partial charge < -0.3 is 10.1 Å². The molecule has 3 rings (SSSR count). The summed E-state index contributed by atoms with van der Waals surface area (Å²) in [5.74, 6) is -2.91. The lowest BCUT2D eigenvalue weighted by molar-refractivity contribution is -0.118. The van der Waals surface area contributed by atoms with Gasteiger partial charge in [0.25, 0.3) is 17.2 Å². The second-order valence-corrected chi connectivity index (χ2v) is 6.62. The van der Waals surface area contributed by atoms with Crippen LogP contribution in [0.3, 0.4) is 0 Å². The second-order valence-electron chi connectivity index (χ2n) is 5.56. The minimum atomic E-state index is -2.50. The molecular weight excluding hydrogens is 376 g/mol. The molecule has 3 aromatic rings. The van der Waals surface area contributed by atoms with Gasteiger partial charge in [-0.3, -0.25) is 14.0 Å². The maximum Gasteiger partial charge on any atom is 0.288 e. The SMILES string of the molecule is Cc1cccn2c(=O)cc(OCC(=O)Nc3ccc(SC(F)F)cc3)nc12. The van der Waals surface area contributed by atoms with Gasteiger partial charge in [-0.25, -0.2) is 0 Å². The number of hydrogen-bond donors (Lipinski definition) is 1. The average Bonchev–Trinajstić information content (AvgIpc) is 2.62. The van der Waals surface area contributed by atoms with E-state index >= 15 is 0 Å². The summed E-state index contributed by atoms with van der Waals surface area (Å²) < 4.78 is 31.3. The number of amides is 1. The van der Waals surface area contributed by atoms with Crippen LogP contribution in [0.4, 0.5) is 14.5 Å². The van der Waals surface area contributed by atoms with Crippen molar-refractivity contribution in [3.63, 3.8) is 0 Å². The number of halogens is 2. The summed E-state index contributed by atoms with van der Waals surface area (Å²) in [6.45, 7) is 1.47. The lowest BCUT2D eigenvalue weighted by Gasteiger charge is -2.09. The Kier molecular flexibility index (Phi) is 5.70. The van der Waals surface area contributed by atoms with Crippen molar-refractivity contribution in [1.29, 1.82) is 0 Å². The Hall–Kier alpha value is -2.94. The summed E-state index contributed by atoms with van der Waals surface area (Å²) in [6.07, 6.45) is 1.60. The molecule has 140 valence electrons. The van der Waals surface area contributed by atoms with Crippen molar-refractivity contribution in [3.05, 3.63) is 64.6 Å². The Labute approximate surface area is 157 Å². The van der Waals surface area contributed by atoms with Crippen LogP contribution in [0.15, 0.2) is 58.4 Å². The lowest BCUT2D eigenvalue weighted by Crippen LogP contribution is -2.22. The molecule has 0 spiro atoms. The third-order valence-corrected chi connectivity index (χ3v) is 4.30. The number of aryl methyl sites for hydroxylation is 1. The Bertz CT molecular complexity index is 1020. The molecule has 1 amide bonds. The van der Waals surface area contributed by atoms with Crippen molar-refractivity contribution in [3.8, 4) is 5.88 Å². The zero-order valence-electron chi connectivity index (χ0n) is 14.2. The highest BCUT2D eigenvalue weighted by Gasteiger charge is 2.09. The van der Waals surface area contributed by atoms with Gasteiger partial charge in [0, 0.05) is 16.8 Å². The van der Waals surface area contributed by atoms with E-state index in [-0.39, 0.29) is 18.0 Å². The number of pyridine rings is 1. The van der Waals surface area contributed by atoms with Gasteiger partial charge in [-0.2, -0.15) is 13.8 Å². The van der Waals surface area contributed by atoms with Gasteiger partial charge in [0.2, 0.25) is 5.88 Å². The highest BCUT2D eigenvalue weighted by Crippen LogP contribution is 2.26. The summed E-state index contributed by atoms with van der Waals surface area (Å²) in [6, 6.07) is 10.8. The van der Waals surface area contributed by atoms with Crippen molar-refractivity contribution in [2.75, 3.05) is 11.9 Å². The fourth-order valence-electron chi connectivity index (χ4n) is 2.37. The molecule has 6 nitrogen and oxygen atoms in total. The monoisotopic (exact) mass is 391 g/mol. The van der Waals surface area contributed by atoms with Gasteiger partial charge in [0.05, 0.1) is 6.07 Å². The van der Waals surface area contributed by atoms with Gasteiger partial charge >= 0.3 is 0 Å². The molecule has 0 unspecified atom stereocenters. The summed E-state index contributed by atoms with van der Waals surface area (Å²) in [5, 5.41) is 2.58. The molecule has 0 saturated heterocycles. The van der Waals surface area contributed by atoms with Crippen molar-refractivity contribution in [1.82, 2.24) is 9.38 Å². The van der Waals surface area contributed by atoms with E-state index in [4.69, 9.17) is 4.74 Å². The number of nitrogens with one attached hydrogen (secondary N) is 1. The highest BCUT2D eigenvalue weighted by atomic mass is 32.2. The Morgan fingerprint density at radius 2 is 2.04 bits per heavy atom. The average molecular weight is 391 g/mol. The number of nitrogens with zero attached hydrogens (tertiary/aromatic N) is 2. The largest absolute Gasteiger partial charge is 0.467 e. The fourth-order valence-corrected chi connectivity index (χ4v) is 2.87. The molecule has 0 aliphatic carbocycles. The van der Waals surface area contributed by atoms with Crippen LogP contribution >= 0.6 is 11.8 Å². The number of ether oxygens (including phenoxy) is 1. The molecule has 0 saturated carbocycles. The molecule has 2 heterocycles. The summed E-state index contributed by atoms with van der Waals surface area (Å²) in [7, 11) is 0. The van der Waals surface area contributed by atoms with E-state index in [2.05, 4.69) is 10.3 Å². The zero-order chi connectivity index (χ0) is 19.4. The van der Waals surface area contributed by atoms with Gasteiger partial charge in [-0.05, 0) is 42.8 Å². The smallest absolute Gasteiger partial charge is 0.288 e. The quantitative estimate of drug-likeness (QED) is 0.653. The van der Waals surface area contributed by atoms with Crippen molar-refractivity contribution in [2.24, 2.45) is 0 Å². The van der Waals surface area contributed by atoms with Crippen molar-refractivity contribution < 1.29 is 18.3 Å². The molecule has 2 aromatic heterocycles. The number of fused-ring (bicyclic) bond motifs is 1. The van der Waals surface area contributed by atoms with Gasteiger partial charge in [0.15, 0.2) is 6.61 Å². The topological polar surface area (TPSA) is 72.7 Å². The number of alkyl halides is 2. The maximum atomic E-state index is 12.3. The third kappa shape index (κ3) is 4.82. The van der Waals surface area contributed by atoms with Gasteiger partial charge in [-0.1, -0.05) is 17.8 Å². The molecule has 0 atom stereocenters. The van der Waals surface area contributed by atoms with Crippen LogP contribution < -0.4 is 15.6 Å². The summed E-state index contributed by atoms with van der Waals surface area (Å²) in [4.78, 5) is 28.7. The van der Waals surface area contributed by atoms with E-state index in [1.165, 1.54) is 34.7 Å². The highest BCUT2D eigenvalue weighted by molar-refractivity contribution is 7.99. The normalized spacial score (nSPS) is 11.0. The molecule has 9 heteroatoms. The lowest BCUT2D eigenvalue weighted by atomic mass is 10.3. The van der Waals surface area contributed by atoms with Crippen LogP contribution in [0.1, 0.15) is 5.56 Å². The first-order valence-corrected chi connectivity index (χ1v) is 8.77. The standard InChI is InChI=1S/C18H15F2N3O3S/c1-11-3-2-8-23-16(25)9-15(22-17(11)23)26-10-14(24)21-12-4-6-13(7-5-12)27-18(19)20/h2-9,18H,10H2,1H3,(H,21,24). The molecule has 27 heavy (non-hydrogen) atoms. The van der Waals surface area contributed by atoms with E-state index in [0.29, 0.717) is 28.0 Å². The fraction of sp³-hybridized carbons (Fsp3) is 0.167. The Morgan fingerprint density at radius 1 is 1.30 bits per heavy atom. The molecule has 1 aromatic carbocycles. The predicted octanol–water partition coefficient (Wildman–Crippen LogP) is 3.34. The van der Waals surface area contributed by atoms with E-state index in [0.717, 1.165) is 5.56 Å². The second kappa shape index (κ2) is 8.17. The van der Waals surface area contributed by atoms with Crippen LogP contribution in [-0.4, -0.2) is 27.7 Å². The number of hydrogen-bond acceptors (Lipinski definition) is 5. The van der Waals surface area contributed by atoms with E-state index in [1.54, 1.807) is 12.3 Å². The van der Waals surface area contributed by atoms with Crippen LogP contribution in [0.25, 0.3) is 5.65 Å². The first-order valence-electron chi connectivity index (χ1n) is 7.89. The Morgan fingerprint density at radius 3 is 2.74 bits per heavy atom. The van der Waals surface area contributed by atoms with Crippen LogP contribution in [0.2, 0.25) is 0 Å². The first kappa shape index (κ1) is 18.8. The minimum Gasteiger partial charge on any atom is -0.467 e. The van der Waals surface area contributed by atoms with Gasteiger partial charge in [-0.15, -0.1) is 0 Å². The van der Waals surface area contributed by atoms with E-state index in [9.17, 15) is 18.4 Å². The zero-order valence-corrected chi connectivity index (χ0v) is 15.0. The number of benzene rings is 1. The number of anilines is 1. The number of thioether (sulfide) groups is 1. The van der Waals surface area contributed by atoms with Crippen LogP contribution in [0.5, 0.6) is 5.88 Å². The maximum absolute atomic E-state index is 12.3. The molecule has 0 bridgehead atoms. The summed E-state index contributed by atoms with van der Waals surface area (Å²) >= 11 is 0.426. The number of carbonyl (C=O) groups excluding carboxylic acids is 1. The van der Waals surface area contributed by atoms with Crippen LogP contribution in [0, 0.1) is 6.92 Å². The molecular formula is C18H15F2N3O3S. The van der Waals surface area contributed by atoms with E-state index < -0.39 is 11.7 Å². The molecule has 1 N–H and O–H groups in total. The number of rotatable bonds is 6. The minimum absolute atomic E-state index is 0.0492. The molecule has 0 radical (unpaired) electrons. The third-order valence-electron chi connectivity index (χ3n) is 3.58.